The molecule has 3 aromatic rings. The Morgan fingerprint density at radius 3 is 2.70 bits per heavy atom. The first-order chi connectivity index (χ1) is 13.2. The van der Waals surface area contributed by atoms with E-state index in [4.69, 9.17) is 4.98 Å². The summed E-state index contributed by atoms with van der Waals surface area (Å²) in [7, 11) is 0. The molecule has 1 aromatic heterocycles. The molecule has 2 aromatic carbocycles. The second kappa shape index (κ2) is 7.49. The van der Waals surface area contributed by atoms with Crippen LogP contribution >= 0.6 is 0 Å². The molecule has 138 valence electrons. The third-order valence-electron chi connectivity index (χ3n) is 5.54. The smallest absolute Gasteiger partial charge is 0.320 e. The van der Waals surface area contributed by atoms with Gasteiger partial charge in [-0.25, -0.2) is 0 Å². The number of aromatic nitrogens is 1. The van der Waals surface area contributed by atoms with Gasteiger partial charge in [0.15, 0.2) is 0 Å². The molecule has 4 heteroatoms. The summed E-state index contributed by atoms with van der Waals surface area (Å²) in [6, 6.07) is 18.2. The number of benzene rings is 2. The van der Waals surface area contributed by atoms with Crippen LogP contribution in [0.3, 0.4) is 0 Å². The molecule has 4 nitrogen and oxygen atoms in total. The van der Waals surface area contributed by atoms with Crippen molar-refractivity contribution in [3.05, 3.63) is 77.6 Å². The molecule has 1 N–H and O–H groups in total. The van der Waals surface area contributed by atoms with Gasteiger partial charge in [-0.15, -0.1) is 0 Å². The molecule has 0 spiro atoms. The second-order valence-corrected chi connectivity index (χ2v) is 7.19. The first kappa shape index (κ1) is 17.7. The standard InChI is InChI=1S/C23H24N2O2/c1-2-16-9-12-20(24-15-16)22(25-13-5-8-21(25)23(26)27)19-11-10-17-6-3-4-7-18(17)14-19/h3-4,6-7,9-12,14-15,21-22H,2,5,8,13H2,1H3,(H,26,27). The Balaban J connectivity index is 1.82. The lowest BCUT2D eigenvalue weighted by atomic mass is 9.97. The van der Waals surface area contributed by atoms with Crippen LogP contribution in [0.25, 0.3) is 10.8 Å². The van der Waals surface area contributed by atoms with E-state index < -0.39 is 12.0 Å². The van der Waals surface area contributed by atoms with Crippen LogP contribution < -0.4 is 0 Å². The molecule has 4 rings (SSSR count). The number of nitrogens with zero attached hydrogens (tertiary/aromatic N) is 2. The predicted octanol–water partition coefficient (Wildman–Crippen LogP) is 4.44. The van der Waals surface area contributed by atoms with Gasteiger partial charge in [0.1, 0.15) is 6.04 Å². The molecular formula is C23H24N2O2. The van der Waals surface area contributed by atoms with Gasteiger partial charge in [-0.2, -0.15) is 0 Å². The van der Waals surface area contributed by atoms with Gasteiger partial charge in [0.2, 0.25) is 0 Å². The Kier molecular flexibility index (Phi) is 4.90. The minimum atomic E-state index is -0.747. The molecule has 1 saturated heterocycles. The van der Waals surface area contributed by atoms with Crippen molar-refractivity contribution < 1.29 is 9.90 Å². The van der Waals surface area contributed by atoms with Gasteiger partial charge in [0, 0.05) is 12.7 Å². The molecule has 0 saturated carbocycles. The Bertz CT molecular complexity index is 952. The van der Waals surface area contributed by atoms with E-state index in [2.05, 4.69) is 54.3 Å². The highest BCUT2D eigenvalue weighted by Gasteiger charge is 2.37. The number of aliphatic carboxylic acids is 1. The Morgan fingerprint density at radius 2 is 2.00 bits per heavy atom. The van der Waals surface area contributed by atoms with Gasteiger partial charge in [0.25, 0.3) is 0 Å². The Hall–Kier alpha value is -2.72. The van der Waals surface area contributed by atoms with Gasteiger partial charge in [-0.3, -0.25) is 14.7 Å². The maximum absolute atomic E-state index is 11.8. The number of hydrogen-bond donors (Lipinski definition) is 1. The van der Waals surface area contributed by atoms with Gasteiger partial charge in [0.05, 0.1) is 11.7 Å². The van der Waals surface area contributed by atoms with Crippen LogP contribution in [0, 0.1) is 0 Å². The van der Waals surface area contributed by atoms with Gasteiger partial charge in [-0.1, -0.05) is 49.4 Å². The van der Waals surface area contributed by atoms with E-state index in [1.807, 2.05) is 18.3 Å². The highest BCUT2D eigenvalue weighted by Crippen LogP contribution is 2.35. The summed E-state index contributed by atoms with van der Waals surface area (Å²) in [5.74, 6) is -0.747. The first-order valence-corrected chi connectivity index (χ1v) is 9.59. The van der Waals surface area contributed by atoms with Crippen LogP contribution in [-0.2, 0) is 11.2 Å². The number of carbonyl (C=O) groups is 1. The molecule has 2 heterocycles. The van der Waals surface area contributed by atoms with Crippen LogP contribution in [-0.4, -0.2) is 33.5 Å². The molecule has 2 atom stereocenters. The highest BCUT2D eigenvalue weighted by atomic mass is 16.4. The number of carboxylic acid groups (broad SMARTS) is 1. The monoisotopic (exact) mass is 360 g/mol. The van der Waals surface area contributed by atoms with Crippen LogP contribution in [0.1, 0.15) is 42.6 Å². The van der Waals surface area contributed by atoms with Crippen LogP contribution in [0.4, 0.5) is 0 Å². The van der Waals surface area contributed by atoms with Crippen molar-refractivity contribution in [1.29, 1.82) is 0 Å². The van der Waals surface area contributed by atoms with E-state index in [9.17, 15) is 9.90 Å². The summed E-state index contributed by atoms with van der Waals surface area (Å²) >= 11 is 0. The maximum atomic E-state index is 11.8. The summed E-state index contributed by atoms with van der Waals surface area (Å²) in [6.45, 7) is 2.88. The lowest BCUT2D eigenvalue weighted by Crippen LogP contribution is -2.39. The van der Waals surface area contributed by atoms with Crippen LogP contribution in [0.15, 0.2) is 60.8 Å². The molecule has 0 radical (unpaired) electrons. The van der Waals surface area contributed by atoms with Crippen molar-refractivity contribution in [2.75, 3.05) is 6.54 Å². The predicted molar refractivity (Wildman–Crippen MR) is 107 cm³/mol. The van der Waals surface area contributed by atoms with Crippen molar-refractivity contribution >= 4 is 16.7 Å². The van der Waals surface area contributed by atoms with Gasteiger partial charge < -0.3 is 5.11 Å². The fraction of sp³-hybridized carbons (Fsp3) is 0.304. The SMILES string of the molecule is CCc1ccc(C(c2ccc3ccccc3c2)N2CCCC2C(=O)O)nc1. The maximum Gasteiger partial charge on any atom is 0.320 e. The number of carboxylic acids is 1. The molecule has 27 heavy (non-hydrogen) atoms. The number of aryl methyl sites for hydroxylation is 1. The number of pyridine rings is 1. The minimum absolute atomic E-state index is 0.149. The lowest BCUT2D eigenvalue weighted by molar-refractivity contribution is -0.142. The molecule has 1 aliphatic heterocycles. The van der Waals surface area contributed by atoms with Crippen molar-refractivity contribution in [3.63, 3.8) is 0 Å². The fourth-order valence-corrected chi connectivity index (χ4v) is 4.08. The molecule has 0 bridgehead atoms. The topological polar surface area (TPSA) is 53.4 Å². The molecule has 0 amide bonds. The summed E-state index contributed by atoms with van der Waals surface area (Å²) in [5, 5.41) is 12.1. The van der Waals surface area contributed by atoms with E-state index in [-0.39, 0.29) is 6.04 Å². The number of rotatable bonds is 5. The molecule has 1 aliphatic rings. The Morgan fingerprint density at radius 1 is 1.19 bits per heavy atom. The summed E-state index contributed by atoms with van der Waals surface area (Å²) in [5.41, 5.74) is 3.20. The van der Waals surface area contributed by atoms with E-state index >= 15 is 0 Å². The number of likely N-dealkylation sites (tertiary alicyclic amines) is 1. The zero-order valence-corrected chi connectivity index (χ0v) is 15.5. The molecule has 0 aliphatic carbocycles. The highest BCUT2D eigenvalue weighted by molar-refractivity contribution is 5.83. The van der Waals surface area contributed by atoms with E-state index in [1.54, 1.807) is 0 Å². The van der Waals surface area contributed by atoms with E-state index in [0.29, 0.717) is 6.42 Å². The molecule has 1 fully saturated rings. The quantitative estimate of drug-likeness (QED) is 0.731. The third-order valence-corrected chi connectivity index (χ3v) is 5.54. The minimum Gasteiger partial charge on any atom is -0.480 e. The van der Waals surface area contributed by atoms with Crippen molar-refractivity contribution in [2.24, 2.45) is 0 Å². The van der Waals surface area contributed by atoms with Gasteiger partial charge >= 0.3 is 5.97 Å². The third kappa shape index (κ3) is 3.45. The van der Waals surface area contributed by atoms with Crippen LogP contribution in [0.2, 0.25) is 0 Å². The molecular weight excluding hydrogens is 336 g/mol. The number of fused-ring (bicyclic) bond motifs is 1. The average molecular weight is 360 g/mol. The zero-order valence-electron chi connectivity index (χ0n) is 15.5. The fourth-order valence-electron chi connectivity index (χ4n) is 4.08. The van der Waals surface area contributed by atoms with Gasteiger partial charge in [-0.05, 0) is 53.3 Å². The largest absolute Gasteiger partial charge is 0.480 e. The van der Waals surface area contributed by atoms with Crippen molar-refractivity contribution in [2.45, 2.75) is 38.3 Å². The summed E-state index contributed by atoms with van der Waals surface area (Å²) in [4.78, 5) is 18.6. The normalized spacial score (nSPS) is 18.6. The number of hydrogen-bond acceptors (Lipinski definition) is 3. The van der Waals surface area contributed by atoms with Crippen molar-refractivity contribution in [3.8, 4) is 0 Å². The first-order valence-electron chi connectivity index (χ1n) is 9.59. The average Bonchev–Trinajstić information content (AvgIpc) is 3.18. The molecule has 2 unspecified atom stereocenters. The second-order valence-electron chi connectivity index (χ2n) is 7.19. The Labute approximate surface area is 159 Å². The lowest BCUT2D eigenvalue weighted by Gasteiger charge is -2.31. The zero-order chi connectivity index (χ0) is 18.8. The van der Waals surface area contributed by atoms with E-state index in [0.717, 1.165) is 36.0 Å². The summed E-state index contributed by atoms with van der Waals surface area (Å²) in [6.07, 6.45) is 4.44. The summed E-state index contributed by atoms with van der Waals surface area (Å²) < 4.78 is 0. The van der Waals surface area contributed by atoms with Crippen LogP contribution in [0.5, 0.6) is 0 Å². The van der Waals surface area contributed by atoms with Crippen molar-refractivity contribution in [1.82, 2.24) is 9.88 Å². The van der Waals surface area contributed by atoms with E-state index in [1.165, 1.54) is 10.9 Å².